The lowest BCUT2D eigenvalue weighted by Gasteiger charge is -2.10. The largest absolute Gasteiger partial charge is 0.314 e. The summed E-state index contributed by atoms with van der Waals surface area (Å²) in [5.41, 5.74) is 3.97. The molecule has 2 heterocycles. The van der Waals surface area contributed by atoms with Crippen LogP contribution >= 0.6 is 0 Å². The van der Waals surface area contributed by atoms with E-state index in [4.69, 9.17) is 0 Å². The number of aromatic nitrogens is 2. The Morgan fingerprint density at radius 1 is 1.22 bits per heavy atom. The molecule has 1 aliphatic heterocycles. The second kappa shape index (κ2) is 5.36. The van der Waals surface area contributed by atoms with Crippen LogP contribution in [0.5, 0.6) is 0 Å². The van der Waals surface area contributed by atoms with Gasteiger partial charge in [0.25, 0.3) is 0 Å². The summed E-state index contributed by atoms with van der Waals surface area (Å²) in [4.78, 5) is 0. The molecule has 1 aromatic heterocycles. The molecule has 3 heteroatoms. The van der Waals surface area contributed by atoms with Gasteiger partial charge in [-0.05, 0) is 30.5 Å². The van der Waals surface area contributed by atoms with Gasteiger partial charge in [0, 0.05) is 24.6 Å². The van der Waals surface area contributed by atoms with Gasteiger partial charge in [-0.3, -0.25) is 5.10 Å². The number of H-pyrrole nitrogens is 1. The number of benzene rings is 1. The van der Waals surface area contributed by atoms with Crippen molar-refractivity contribution in [3.05, 3.63) is 53.3 Å². The minimum Gasteiger partial charge on any atom is -0.314 e. The number of nitrogens with one attached hydrogen (secondary N) is 2. The van der Waals surface area contributed by atoms with Crippen LogP contribution in [0.4, 0.5) is 0 Å². The molecule has 3 rings (SSSR count). The van der Waals surface area contributed by atoms with Gasteiger partial charge in [0.2, 0.25) is 0 Å². The monoisotopic (exact) mass is 241 g/mol. The zero-order valence-electron chi connectivity index (χ0n) is 10.5. The van der Waals surface area contributed by atoms with E-state index in [0.717, 1.165) is 19.4 Å². The van der Waals surface area contributed by atoms with E-state index in [1.807, 2.05) is 6.20 Å². The molecule has 1 unspecified atom stereocenters. The molecule has 1 fully saturated rings. The molecule has 1 atom stereocenters. The minimum atomic E-state index is 0.625. The quantitative estimate of drug-likeness (QED) is 0.862. The zero-order chi connectivity index (χ0) is 12.2. The second-order valence-corrected chi connectivity index (χ2v) is 5.03. The molecule has 1 aromatic carbocycles. The highest BCUT2D eigenvalue weighted by molar-refractivity contribution is 5.27. The second-order valence-electron chi connectivity index (χ2n) is 5.03. The highest BCUT2D eigenvalue weighted by Crippen LogP contribution is 2.16. The first kappa shape index (κ1) is 11.5. The van der Waals surface area contributed by atoms with Gasteiger partial charge < -0.3 is 5.32 Å². The Labute approximate surface area is 108 Å². The summed E-state index contributed by atoms with van der Waals surface area (Å²) in [5.74, 6) is 0. The van der Waals surface area contributed by atoms with Crippen LogP contribution in [0.1, 0.15) is 29.7 Å². The molecule has 2 aromatic rings. The topological polar surface area (TPSA) is 40.7 Å². The fourth-order valence-electron chi connectivity index (χ4n) is 2.66. The molecule has 2 N–H and O–H groups in total. The summed E-state index contributed by atoms with van der Waals surface area (Å²) in [6, 6.07) is 11.2. The van der Waals surface area contributed by atoms with Gasteiger partial charge in [0.15, 0.2) is 0 Å². The number of hydrogen-bond acceptors (Lipinski definition) is 2. The highest BCUT2D eigenvalue weighted by Gasteiger charge is 2.17. The van der Waals surface area contributed by atoms with E-state index in [2.05, 4.69) is 45.8 Å². The van der Waals surface area contributed by atoms with Crippen molar-refractivity contribution in [1.29, 1.82) is 0 Å². The van der Waals surface area contributed by atoms with Gasteiger partial charge in [0.1, 0.15) is 0 Å². The fraction of sp³-hybridized carbons (Fsp3) is 0.400. The Hall–Kier alpha value is -1.61. The first-order valence-corrected chi connectivity index (χ1v) is 6.70. The lowest BCUT2D eigenvalue weighted by molar-refractivity contribution is 0.592. The number of rotatable bonds is 4. The highest BCUT2D eigenvalue weighted by atomic mass is 15.1. The molecule has 0 radical (unpaired) electrons. The van der Waals surface area contributed by atoms with Crippen LogP contribution in [0, 0.1) is 0 Å². The Bertz CT molecular complexity index is 483. The van der Waals surface area contributed by atoms with Gasteiger partial charge in [-0.25, -0.2) is 0 Å². The third kappa shape index (κ3) is 2.62. The van der Waals surface area contributed by atoms with Crippen LogP contribution in [0.2, 0.25) is 0 Å². The van der Waals surface area contributed by atoms with Gasteiger partial charge in [-0.1, -0.05) is 30.3 Å². The maximum absolute atomic E-state index is 4.21. The summed E-state index contributed by atoms with van der Waals surface area (Å²) in [6.07, 6.45) is 6.59. The molecule has 0 amide bonds. The van der Waals surface area contributed by atoms with E-state index < -0.39 is 0 Å². The number of nitrogens with zero attached hydrogens (tertiary/aromatic N) is 1. The average Bonchev–Trinajstić information content (AvgIpc) is 3.04. The lowest BCUT2D eigenvalue weighted by atomic mass is 10.0. The first-order chi connectivity index (χ1) is 8.92. The van der Waals surface area contributed by atoms with E-state index in [0.29, 0.717) is 6.04 Å². The molecule has 0 bridgehead atoms. The van der Waals surface area contributed by atoms with E-state index in [1.165, 1.54) is 29.7 Å². The fourth-order valence-corrected chi connectivity index (χ4v) is 2.66. The van der Waals surface area contributed by atoms with Gasteiger partial charge in [0.05, 0.1) is 6.20 Å². The Morgan fingerprint density at radius 3 is 2.89 bits per heavy atom. The molecule has 1 aliphatic rings. The van der Waals surface area contributed by atoms with Crippen LogP contribution in [0.25, 0.3) is 0 Å². The Morgan fingerprint density at radius 2 is 2.11 bits per heavy atom. The summed E-state index contributed by atoms with van der Waals surface area (Å²) >= 11 is 0. The summed E-state index contributed by atoms with van der Waals surface area (Å²) in [6.45, 7) is 1.16. The third-order valence-electron chi connectivity index (χ3n) is 3.66. The predicted molar refractivity (Wildman–Crippen MR) is 72.6 cm³/mol. The van der Waals surface area contributed by atoms with Gasteiger partial charge in [-0.2, -0.15) is 5.10 Å². The molecule has 94 valence electrons. The van der Waals surface area contributed by atoms with Crippen molar-refractivity contribution in [1.82, 2.24) is 15.5 Å². The van der Waals surface area contributed by atoms with Crippen molar-refractivity contribution in [3.8, 4) is 0 Å². The normalized spacial score (nSPS) is 19.2. The van der Waals surface area contributed by atoms with Crippen LogP contribution in [-0.2, 0) is 12.8 Å². The molecule has 0 spiro atoms. The van der Waals surface area contributed by atoms with Crippen molar-refractivity contribution in [3.63, 3.8) is 0 Å². The maximum atomic E-state index is 4.21. The van der Waals surface area contributed by atoms with Crippen molar-refractivity contribution >= 4 is 0 Å². The van der Waals surface area contributed by atoms with Crippen molar-refractivity contribution in [2.75, 3.05) is 6.54 Å². The molecule has 18 heavy (non-hydrogen) atoms. The van der Waals surface area contributed by atoms with Gasteiger partial charge >= 0.3 is 0 Å². The van der Waals surface area contributed by atoms with Crippen molar-refractivity contribution in [2.45, 2.75) is 31.7 Å². The lowest BCUT2D eigenvalue weighted by Crippen LogP contribution is -2.24. The van der Waals surface area contributed by atoms with E-state index in [-0.39, 0.29) is 0 Å². The molecule has 1 saturated heterocycles. The average molecular weight is 241 g/mol. The first-order valence-electron chi connectivity index (χ1n) is 6.70. The zero-order valence-corrected chi connectivity index (χ0v) is 10.5. The predicted octanol–water partition coefficient (Wildman–Crippen LogP) is 2.29. The molecular formula is C15H19N3. The van der Waals surface area contributed by atoms with Gasteiger partial charge in [-0.15, -0.1) is 0 Å². The van der Waals surface area contributed by atoms with Crippen LogP contribution in [0.3, 0.4) is 0 Å². The standard InChI is InChI=1S/C15H19N3/c1-2-5-12(6-3-1)9-13-11-17-18-15(13)10-14-7-4-8-16-14/h1-3,5-6,11,14,16H,4,7-10H2,(H,17,18). The summed E-state index contributed by atoms with van der Waals surface area (Å²) < 4.78 is 0. The van der Waals surface area contributed by atoms with E-state index >= 15 is 0 Å². The molecule has 0 saturated carbocycles. The van der Waals surface area contributed by atoms with Crippen molar-refractivity contribution < 1.29 is 0 Å². The minimum absolute atomic E-state index is 0.625. The Kier molecular flexibility index (Phi) is 3.42. The molecule has 3 nitrogen and oxygen atoms in total. The number of aromatic amines is 1. The van der Waals surface area contributed by atoms with Crippen molar-refractivity contribution in [2.24, 2.45) is 0 Å². The smallest absolute Gasteiger partial charge is 0.0525 e. The van der Waals surface area contributed by atoms with E-state index in [9.17, 15) is 0 Å². The molecule has 0 aliphatic carbocycles. The summed E-state index contributed by atoms with van der Waals surface area (Å²) in [5, 5.41) is 10.9. The maximum Gasteiger partial charge on any atom is 0.0525 e. The van der Waals surface area contributed by atoms with E-state index in [1.54, 1.807) is 0 Å². The summed E-state index contributed by atoms with van der Waals surface area (Å²) in [7, 11) is 0. The Balaban J connectivity index is 1.71. The van der Waals surface area contributed by atoms with Crippen LogP contribution in [-0.4, -0.2) is 22.8 Å². The van der Waals surface area contributed by atoms with Crippen LogP contribution < -0.4 is 5.32 Å². The molecular weight excluding hydrogens is 222 g/mol. The third-order valence-corrected chi connectivity index (χ3v) is 3.66. The number of hydrogen-bond donors (Lipinski definition) is 2. The van der Waals surface area contributed by atoms with Crippen LogP contribution in [0.15, 0.2) is 36.5 Å². The SMILES string of the molecule is c1ccc(Cc2cn[nH]c2CC2CCCN2)cc1.